The molecule has 0 spiro atoms. The third-order valence-electron chi connectivity index (χ3n) is 3.62. The summed E-state index contributed by atoms with van der Waals surface area (Å²) in [5.74, 6) is -0.209. The minimum atomic E-state index is -0.209. The molecule has 1 N–H and O–H groups in total. The first kappa shape index (κ1) is 15.8. The molecular formula is C17H20ClFN2. The number of hydrogen-bond acceptors (Lipinski definition) is 2. The van der Waals surface area contributed by atoms with Gasteiger partial charge in [-0.1, -0.05) is 23.7 Å². The molecule has 2 aromatic rings. The second-order valence-electron chi connectivity index (χ2n) is 5.08. The van der Waals surface area contributed by atoms with Crippen LogP contribution in [0.15, 0.2) is 48.5 Å². The number of rotatable bonds is 6. The van der Waals surface area contributed by atoms with Crippen LogP contribution in [-0.2, 0) is 0 Å². The predicted octanol–water partition coefficient (Wildman–Crippen LogP) is 4.27. The van der Waals surface area contributed by atoms with Gasteiger partial charge in [0.1, 0.15) is 5.82 Å². The third-order valence-corrected chi connectivity index (χ3v) is 3.86. The van der Waals surface area contributed by atoms with Gasteiger partial charge in [-0.25, -0.2) is 4.39 Å². The molecule has 0 heterocycles. The molecule has 0 aliphatic rings. The van der Waals surface area contributed by atoms with Gasteiger partial charge in [-0.05, 0) is 55.4 Å². The molecule has 0 saturated heterocycles. The molecule has 4 heteroatoms. The van der Waals surface area contributed by atoms with Gasteiger partial charge in [0.2, 0.25) is 0 Å². The molecule has 0 bridgehead atoms. The summed E-state index contributed by atoms with van der Waals surface area (Å²) < 4.78 is 12.9. The summed E-state index contributed by atoms with van der Waals surface area (Å²) in [6, 6.07) is 14.7. The van der Waals surface area contributed by atoms with Crippen LogP contribution in [0.3, 0.4) is 0 Å². The third kappa shape index (κ3) is 4.45. The molecule has 0 fully saturated rings. The minimum absolute atomic E-state index is 0.209. The van der Waals surface area contributed by atoms with Crippen LogP contribution in [0.4, 0.5) is 10.1 Å². The summed E-state index contributed by atoms with van der Waals surface area (Å²) in [4.78, 5) is 2.12. The summed E-state index contributed by atoms with van der Waals surface area (Å²) >= 11 is 6.05. The Bertz CT molecular complexity index is 571. The SMILES string of the molecule is CNC(CCN(C)c1ccc(F)cc1)c1cccc(Cl)c1. The van der Waals surface area contributed by atoms with Gasteiger partial charge in [0, 0.05) is 30.3 Å². The van der Waals surface area contributed by atoms with Crippen molar-refractivity contribution >= 4 is 17.3 Å². The van der Waals surface area contributed by atoms with Crippen molar-refractivity contribution in [1.82, 2.24) is 5.32 Å². The van der Waals surface area contributed by atoms with E-state index in [4.69, 9.17) is 11.6 Å². The highest BCUT2D eigenvalue weighted by molar-refractivity contribution is 6.30. The van der Waals surface area contributed by atoms with Crippen molar-refractivity contribution < 1.29 is 4.39 Å². The number of halogens is 2. The van der Waals surface area contributed by atoms with E-state index in [1.54, 1.807) is 12.1 Å². The Labute approximate surface area is 130 Å². The molecule has 2 nitrogen and oxygen atoms in total. The number of anilines is 1. The number of benzene rings is 2. The highest BCUT2D eigenvalue weighted by Gasteiger charge is 2.11. The van der Waals surface area contributed by atoms with Gasteiger partial charge < -0.3 is 10.2 Å². The van der Waals surface area contributed by atoms with E-state index in [-0.39, 0.29) is 11.9 Å². The van der Waals surface area contributed by atoms with Gasteiger partial charge >= 0.3 is 0 Å². The van der Waals surface area contributed by atoms with E-state index in [1.807, 2.05) is 32.3 Å². The average molecular weight is 307 g/mol. The van der Waals surface area contributed by atoms with E-state index in [2.05, 4.69) is 16.3 Å². The Morgan fingerprint density at radius 1 is 1.19 bits per heavy atom. The zero-order valence-electron chi connectivity index (χ0n) is 12.3. The van der Waals surface area contributed by atoms with E-state index in [0.29, 0.717) is 0 Å². The van der Waals surface area contributed by atoms with Gasteiger partial charge in [0.25, 0.3) is 0 Å². The largest absolute Gasteiger partial charge is 0.375 e. The lowest BCUT2D eigenvalue weighted by Crippen LogP contribution is -2.25. The van der Waals surface area contributed by atoms with Crippen LogP contribution >= 0.6 is 11.6 Å². The second kappa shape index (κ2) is 7.43. The number of nitrogens with one attached hydrogen (secondary N) is 1. The van der Waals surface area contributed by atoms with Crippen molar-refractivity contribution in [2.45, 2.75) is 12.5 Å². The van der Waals surface area contributed by atoms with Gasteiger partial charge in [-0.15, -0.1) is 0 Å². The van der Waals surface area contributed by atoms with Crippen LogP contribution in [-0.4, -0.2) is 20.6 Å². The Hall–Kier alpha value is -1.58. The molecule has 1 unspecified atom stereocenters. The topological polar surface area (TPSA) is 15.3 Å². The summed E-state index contributed by atoms with van der Waals surface area (Å²) in [7, 11) is 3.96. The smallest absolute Gasteiger partial charge is 0.123 e. The first-order valence-corrected chi connectivity index (χ1v) is 7.37. The summed E-state index contributed by atoms with van der Waals surface area (Å²) in [5, 5.41) is 4.07. The van der Waals surface area contributed by atoms with Gasteiger partial charge in [-0.3, -0.25) is 0 Å². The maximum absolute atomic E-state index is 12.9. The van der Waals surface area contributed by atoms with Crippen LogP contribution in [0.1, 0.15) is 18.0 Å². The molecule has 0 aliphatic carbocycles. The Morgan fingerprint density at radius 2 is 1.90 bits per heavy atom. The Morgan fingerprint density at radius 3 is 2.52 bits per heavy atom. The highest BCUT2D eigenvalue weighted by atomic mass is 35.5. The summed E-state index contributed by atoms with van der Waals surface area (Å²) in [6.07, 6.45) is 0.935. The zero-order chi connectivity index (χ0) is 15.2. The van der Waals surface area contributed by atoms with E-state index in [9.17, 15) is 4.39 Å². The van der Waals surface area contributed by atoms with Crippen LogP contribution < -0.4 is 10.2 Å². The molecule has 1 atom stereocenters. The van der Waals surface area contributed by atoms with Crippen molar-refractivity contribution in [3.63, 3.8) is 0 Å². The molecule has 0 radical (unpaired) electrons. The maximum Gasteiger partial charge on any atom is 0.123 e. The fraction of sp³-hybridized carbons (Fsp3) is 0.294. The van der Waals surface area contributed by atoms with Crippen molar-refractivity contribution in [2.24, 2.45) is 0 Å². The van der Waals surface area contributed by atoms with Gasteiger partial charge in [0.05, 0.1) is 0 Å². The van der Waals surface area contributed by atoms with Crippen molar-refractivity contribution in [3.8, 4) is 0 Å². The average Bonchev–Trinajstić information content (AvgIpc) is 2.48. The molecule has 0 amide bonds. The lowest BCUT2D eigenvalue weighted by molar-refractivity contribution is 0.549. The molecule has 2 aromatic carbocycles. The quantitative estimate of drug-likeness (QED) is 0.857. The Balaban J connectivity index is 1.98. The minimum Gasteiger partial charge on any atom is -0.375 e. The molecule has 112 valence electrons. The summed E-state index contributed by atoms with van der Waals surface area (Å²) in [5.41, 5.74) is 2.19. The number of nitrogens with zero attached hydrogens (tertiary/aromatic N) is 1. The van der Waals surface area contributed by atoms with E-state index in [0.717, 1.165) is 23.7 Å². The lowest BCUT2D eigenvalue weighted by atomic mass is 10.0. The van der Waals surface area contributed by atoms with E-state index in [1.165, 1.54) is 17.7 Å². The number of hydrogen-bond donors (Lipinski definition) is 1. The van der Waals surface area contributed by atoms with E-state index >= 15 is 0 Å². The normalized spacial score (nSPS) is 12.2. The standard InChI is InChI=1S/C17H20ClFN2/c1-20-17(13-4-3-5-14(18)12-13)10-11-21(2)16-8-6-15(19)7-9-16/h3-9,12,17,20H,10-11H2,1-2H3. The molecule has 2 rings (SSSR count). The van der Waals surface area contributed by atoms with Crippen LogP contribution in [0.25, 0.3) is 0 Å². The van der Waals surface area contributed by atoms with Crippen LogP contribution in [0.2, 0.25) is 5.02 Å². The van der Waals surface area contributed by atoms with Crippen molar-refractivity contribution in [3.05, 3.63) is 64.9 Å². The van der Waals surface area contributed by atoms with Crippen molar-refractivity contribution in [1.29, 1.82) is 0 Å². The molecule has 0 aromatic heterocycles. The molecular weight excluding hydrogens is 287 g/mol. The molecule has 21 heavy (non-hydrogen) atoms. The van der Waals surface area contributed by atoms with Gasteiger partial charge in [-0.2, -0.15) is 0 Å². The van der Waals surface area contributed by atoms with Crippen LogP contribution in [0, 0.1) is 5.82 Å². The van der Waals surface area contributed by atoms with Crippen LogP contribution in [0.5, 0.6) is 0 Å². The molecule has 0 saturated carbocycles. The predicted molar refractivity (Wildman–Crippen MR) is 87.5 cm³/mol. The highest BCUT2D eigenvalue weighted by Crippen LogP contribution is 2.21. The fourth-order valence-corrected chi connectivity index (χ4v) is 2.55. The monoisotopic (exact) mass is 306 g/mol. The lowest BCUT2D eigenvalue weighted by Gasteiger charge is -2.23. The first-order chi connectivity index (χ1) is 10.1. The first-order valence-electron chi connectivity index (χ1n) is 6.99. The Kier molecular flexibility index (Phi) is 5.59. The van der Waals surface area contributed by atoms with Crippen molar-refractivity contribution in [2.75, 3.05) is 25.5 Å². The van der Waals surface area contributed by atoms with E-state index < -0.39 is 0 Å². The van der Waals surface area contributed by atoms with Gasteiger partial charge in [0.15, 0.2) is 0 Å². The summed E-state index contributed by atoms with van der Waals surface area (Å²) in [6.45, 7) is 0.865. The maximum atomic E-state index is 12.9. The zero-order valence-corrected chi connectivity index (χ0v) is 13.1. The second-order valence-corrected chi connectivity index (χ2v) is 5.52. The molecule has 0 aliphatic heterocycles. The fourth-order valence-electron chi connectivity index (χ4n) is 2.35.